The van der Waals surface area contributed by atoms with E-state index >= 15 is 0 Å². The smallest absolute Gasteiger partial charge is 0.290 e. The van der Waals surface area contributed by atoms with E-state index in [2.05, 4.69) is 4.98 Å². The highest BCUT2D eigenvalue weighted by molar-refractivity contribution is 5.32. The molecule has 0 saturated carbocycles. The monoisotopic (exact) mass is 173 g/mol. The first kappa shape index (κ1) is 10.3. The number of pyridine rings is 1. The molecule has 0 radical (unpaired) electrons. The predicted octanol–water partition coefficient (Wildman–Crippen LogP) is 0.930. The molecule has 0 aliphatic rings. The number of carboxylic acid groups (broad SMARTS) is 1. The van der Waals surface area contributed by atoms with Crippen LogP contribution in [-0.4, -0.2) is 23.7 Å². The third kappa shape index (κ3) is 4.21. The zero-order valence-corrected chi connectivity index (χ0v) is 6.40. The Morgan fingerprint density at radius 3 is 2.58 bits per heavy atom. The van der Waals surface area contributed by atoms with E-state index in [1.54, 1.807) is 0 Å². The van der Waals surface area contributed by atoms with Crippen molar-refractivity contribution >= 4 is 6.47 Å². The second kappa shape index (κ2) is 6.09. The fraction of sp³-hybridized carbons (Fsp3) is 0.143. The molecule has 0 fully saturated rings. The van der Waals surface area contributed by atoms with Crippen molar-refractivity contribution in [1.29, 1.82) is 0 Å². The highest BCUT2D eigenvalue weighted by atomic mass is 19.1. The lowest BCUT2D eigenvalue weighted by atomic mass is 10.5. The number of halogens is 1. The average Bonchev–Trinajstić information content (AvgIpc) is 2.07. The molecule has 0 spiro atoms. The molecular formula is C7H8FNO3. The normalized spacial score (nSPS) is 7.83. The minimum absolute atomic E-state index is 0.250. The van der Waals surface area contributed by atoms with Crippen LogP contribution in [-0.2, 0) is 4.79 Å². The Bertz CT molecular complexity index is 225. The number of rotatable bonds is 1. The van der Waals surface area contributed by atoms with Gasteiger partial charge < -0.3 is 9.84 Å². The molecule has 0 bridgehead atoms. The lowest BCUT2D eigenvalue weighted by Gasteiger charge is -1.94. The summed E-state index contributed by atoms with van der Waals surface area (Å²) in [5, 5.41) is 6.89. The van der Waals surface area contributed by atoms with Crippen molar-refractivity contribution in [1.82, 2.24) is 4.98 Å². The Kier molecular flexibility index (Phi) is 5.25. The second-order valence-corrected chi connectivity index (χ2v) is 1.63. The molecule has 0 atom stereocenters. The number of aromatic nitrogens is 1. The summed E-state index contributed by atoms with van der Waals surface area (Å²) in [7, 11) is 1.51. The second-order valence-electron chi connectivity index (χ2n) is 1.63. The maximum Gasteiger partial charge on any atom is 0.290 e. The van der Waals surface area contributed by atoms with Gasteiger partial charge in [-0.05, 0) is 12.1 Å². The van der Waals surface area contributed by atoms with Gasteiger partial charge >= 0.3 is 0 Å². The molecule has 12 heavy (non-hydrogen) atoms. The Morgan fingerprint density at radius 1 is 1.67 bits per heavy atom. The van der Waals surface area contributed by atoms with E-state index in [4.69, 9.17) is 14.6 Å². The quantitative estimate of drug-likeness (QED) is 0.507. The van der Waals surface area contributed by atoms with Crippen molar-refractivity contribution in [3.05, 3.63) is 24.3 Å². The molecule has 1 heterocycles. The van der Waals surface area contributed by atoms with Crippen LogP contribution in [0.1, 0.15) is 0 Å². The highest BCUT2D eigenvalue weighted by Crippen LogP contribution is 2.05. The molecular weight excluding hydrogens is 165 g/mol. The van der Waals surface area contributed by atoms with E-state index in [9.17, 15) is 4.39 Å². The van der Waals surface area contributed by atoms with Crippen LogP contribution in [0, 0.1) is 5.95 Å². The van der Waals surface area contributed by atoms with Crippen LogP contribution in [0.4, 0.5) is 4.39 Å². The topological polar surface area (TPSA) is 59.4 Å². The first-order valence-corrected chi connectivity index (χ1v) is 2.98. The molecule has 66 valence electrons. The molecule has 1 N–H and O–H groups in total. The lowest BCUT2D eigenvalue weighted by Crippen LogP contribution is -1.85. The van der Waals surface area contributed by atoms with Crippen molar-refractivity contribution in [3.63, 3.8) is 0 Å². The number of methoxy groups -OCH3 is 1. The van der Waals surface area contributed by atoms with Crippen LogP contribution in [0.25, 0.3) is 0 Å². The van der Waals surface area contributed by atoms with Crippen molar-refractivity contribution in [3.8, 4) is 5.75 Å². The van der Waals surface area contributed by atoms with Gasteiger partial charge in [0.2, 0.25) is 5.95 Å². The fourth-order valence-electron chi connectivity index (χ4n) is 0.483. The van der Waals surface area contributed by atoms with E-state index in [0.717, 1.165) is 0 Å². The lowest BCUT2D eigenvalue weighted by molar-refractivity contribution is -0.122. The van der Waals surface area contributed by atoms with Gasteiger partial charge in [0.1, 0.15) is 5.75 Å². The van der Waals surface area contributed by atoms with Crippen molar-refractivity contribution in [2.75, 3.05) is 7.11 Å². The number of nitrogens with zero attached hydrogens (tertiary/aromatic N) is 1. The van der Waals surface area contributed by atoms with Gasteiger partial charge in [0.25, 0.3) is 6.47 Å². The summed E-state index contributed by atoms with van der Waals surface area (Å²) in [6.45, 7) is -0.250. The van der Waals surface area contributed by atoms with Crippen molar-refractivity contribution in [2.45, 2.75) is 0 Å². The summed E-state index contributed by atoms with van der Waals surface area (Å²) in [5.74, 6) is 0.0761. The number of ether oxygens (including phenoxy) is 1. The summed E-state index contributed by atoms with van der Waals surface area (Å²) in [4.78, 5) is 11.7. The molecule has 0 saturated heterocycles. The third-order valence-electron chi connectivity index (χ3n) is 0.936. The molecule has 0 unspecified atom stereocenters. The van der Waals surface area contributed by atoms with Crippen LogP contribution >= 0.6 is 0 Å². The number of hydrogen-bond acceptors (Lipinski definition) is 3. The maximum atomic E-state index is 12.1. The van der Waals surface area contributed by atoms with Crippen LogP contribution in [0.3, 0.4) is 0 Å². The molecule has 5 heteroatoms. The van der Waals surface area contributed by atoms with E-state index < -0.39 is 5.95 Å². The summed E-state index contributed by atoms with van der Waals surface area (Å²) < 4.78 is 16.8. The predicted molar refractivity (Wildman–Crippen MR) is 39.4 cm³/mol. The van der Waals surface area contributed by atoms with Crippen LogP contribution in [0.15, 0.2) is 18.3 Å². The van der Waals surface area contributed by atoms with Gasteiger partial charge in [-0.2, -0.15) is 4.39 Å². The van der Waals surface area contributed by atoms with Gasteiger partial charge in [0, 0.05) is 0 Å². The van der Waals surface area contributed by atoms with Gasteiger partial charge in [-0.15, -0.1) is 0 Å². The Hall–Kier alpha value is -1.65. The Labute approximate surface area is 68.6 Å². The molecule has 0 aromatic carbocycles. The van der Waals surface area contributed by atoms with E-state index in [1.165, 1.54) is 25.4 Å². The summed E-state index contributed by atoms with van der Waals surface area (Å²) in [6, 6.07) is 2.77. The molecule has 0 aliphatic carbocycles. The van der Waals surface area contributed by atoms with E-state index in [-0.39, 0.29) is 6.47 Å². The Balaban J connectivity index is 0.000000354. The van der Waals surface area contributed by atoms with Crippen LogP contribution in [0.2, 0.25) is 0 Å². The van der Waals surface area contributed by atoms with Crippen molar-refractivity contribution < 1.29 is 19.0 Å². The van der Waals surface area contributed by atoms with Gasteiger partial charge in [-0.25, -0.2) is 4.98 Å². The fourth-order valence-corrected chi connectivity index (χ4v) is 0.483. The molecule has 4 nitrogen and oxygen atoms in total. The van der Waals surface area contributed by atoms with Gasteiger partial charge in [-0.3, -0.25) is 4.79 Å². The van der Waals surface area contributed by atoms with Gasteiger partial charge in [-0.1, -0.05) is 0 Å². The van der Waals surface area contributed by atoms with Gasteiger partial charge in [0.05, 0.1) is 13.3 Å². The van der Waals surface area contributed by atoms with Crippen LogP contribution < -0.4 is 4.74 Å². The van der Waals surface area contributed by atoms with E-state index in [0.29, 0.717) is 5.75 Å². The third-order valence-corrected chi connectivity index (χ3v) is 0.936. The molecule has 0 amide bonds. The standard InChI is InChI=1S/C6H6FNO.CH2O2/c1-9-5-2-3-6(7)8-4-5;2-1-3/h2-4H,1H3;1H,(H,2,3). The maximum absolute atomic E-state index is 12.1. The summed E-state index contributed by atoms with van der Waals surface area (Å²) >= 11 is 0. The molecule has 1 aromatic heterocycles. The van der Waals surface area contributed by atoms with Gasteiger partial charge in [0.15, 0.2) is 0 Å². The number of carbonyl (C=O) groups is 1. The number of hydrogen-bond donors (Lipinski definition) is 1. The minimum Gasteiger partial charge on any atom is -0.495 e. The highest BCUT2D eigenvalue weighted by Gasteiger charge is 1.89. The molecule has 1 aromatic rings. The Morgan fingerprint density at radius 2 is 2.25 bits per heavy atom. The molecule has 0 aliphatic heterocycles. The first-order valence-electron chi connectivity index (χ1n) is 2.98. The zero-order chi connectivity index (χ0) is 9.40. The molecule has 1 rings (SSSR count). The largest absolute Gasteiger partial charge is 0.495 e. The minimum atomic E-state index is -0.490. The first-order chi connectivity index (χ1) is 5.74. The summed E-state index contributed by atoms with van der Waals surface area (Å²) in [5.41, 5.74) is 0. The van der Waals surface area contributed by atoms with Crippen LogP contribution in [0.5, 0.6) is 5.75 Å². The van der Waals surface area contributed by atoms with E-state index in [1.807, 2.05) is 0 Å². The average molecular weight is 173 g/mol. The summed E-state index contributed by atoms with van der Waals surface area (Å²) in [6.07, 6.45) is 1.33. The van der Waals surface area contributed by atoms with Crippen molar-refractivity contribution in [2.24, 2.45) is 0 Å². The zero-order valence-electron chi connectivity index (χ0n) is 6.40. The SMILES string of the molecule is COc1ccc(F)nc1.O=CO.